The minimum atomic E-state index is 0.252. The molecule has 1 rings (SSSR count). The molecule has 0 saturated heterocycles. The van der Waals surface area contributed by atoms with Gasteiger partial charge in [-0.2, -0.15) is 0 Å². The third-order valence-electron chi connectivity index (χ3n) is 5.29. The zero-order chi connectivity index (χ0) is 20.5. The van der Waals surface area contributed by atoms with Crippen molar-refractivity contribution in [2.75, 3.05) is 14.2 Å². The monoisotopic (exact) mass is 390 g/mol. The fourth-order valence-electron chi connectivity index (χ4n) is 3.49. The van der Waals surface area contributed by atoms with E-state index in [0.29, 0.717) is 5.75 Å². The van der Waals surface area contributed by atoms with Gasteiger partial charge in [0.2, 0.25) is 0 Å². The number of phenolic OH excluding ortho intramolecular Hbond substituents is 1. The summed E-state index contributed by atoms with van der Waals surface area (Å²) in [7, 11) is 3.21. The van der Waals surface area contributed by atoms with Crippen molar-refractivity contribution in [2.24, 2.45) is 0 Å². The zero-order valence-corrected chi connectivity index (χ0v) is 18.5. The van der Waals surface area contributed by atoms with Crippen molar-refractivity contribution in [1.29, 1.82) is 0 Å². The molecule has 1 aromatic rings. The molecule has 1 N–H and O–H groups in total. The van der Waals surface area contributed by atoms with E-state index in [9.17, 15) is 5.11 Å². The van der Waals surface area contributed by atoms with Crippen LogP contribution in [0.4, 0.5) is 0 Å². The van der Waals surface area contributed by atoms with Gasteiger partial charge in [-0.05, 0) is 44.6 Å². The largest absolute Gasteiger partial charge is 0.504 e. The molecule has 0 spiro atoms. The minimum Gasteiger partial charge on any atom is -0.504 e. The van der Waals surface area contributed by atoms with Crippen LogP contribution in [0.25, 0.3) is 0 Å². The van der Waals surface area contributed by atoms with Crippen molar-refractivity contribution in [2.45, 2.75) is 96.8 Å². The molecule has 3 nitrogen and oxygen atoms in total. The summed E-state index contributed by atoms with van der Waals surface area (Å²) in [5.41, 5.74) is 0.915. The van der Waals surface area contributed by atoms with Gasteiger partial charge in [0.05, 0.1) is 14.2 Å². The Morgan fingerprint density at radius 3 is 1.89 bits per heavy atom. The van der Waals surface area contributed by atoms with Crippen molar-refractivity contribution in [3.05, 3.63) is 29.8 Å². The summed E-state index contributed by atoms with van der Waals surface area (Å²) in [4.78, 5) is 0. The van der Waals surface area contributed by atoms with Gasteiger partial charge in [0.25, 0.3) is 0 Å². The van der Waals surface area contributed by atoms with Gasteiger partial charge in [-0.1, -0.05) is 70.4 Å². The van der Waals surface area contributed by atoms with Gasteiger partial charge in [0.1, 0.15) is 5.75 Å². The molecule has 0 aromatic heterocycles. The molecule has 0 aliphatic carbocycles. The van der Waals surface area contributed by atoms with Crippen LogP contribution in [0.5, 0.6) is 17.2 Å². The minimum absolute atomic E-state index is 0.252. The number of benzene rings is 1. The fourth-order valence-corrected chi connectivity index (χ4v) is 3.49. The van der Waals surface area contributed by atoms with Crippen molar-refractivity contribution in [1.82, 2.24) is 0 Å². The topological polar surface area (TPSA) is 38.7 Å². The van der Waals surface area contributed by atoms with E-state index in [4.69, 9.17) is 9.47 Å². The van der Waals surface area contributed by atoms with Gasteiger partial charge in [-0.15, -0.1) is 0 Å². The molecule has 0 atom stereocenters. The SMILES string of the molecule is CCCCCC/C=C\CCCCCCCCCc1cc(OC)cc(OC)c1O. The average molecular weight is 391 g/mol. The maximum Gasteiger partial charge on any atom is 0.164 e. The maximum absolute atomic E-state index is 10.2. The average Bonchev–Trinajstić information content (AvgIpc) is 2.71. The highest BCUT2D eigenvalue weighted by molar-refractivity contribution is 5.50. The number of aromatic hydroxyl groups is 1. The molecular formula is C25H42O3. The second-order valence-corrected chi connectivity index (χ2v) is 7.67. The second kappa shape index (κ2) is 16.3. The molecule has 0 amide bonds. The van der Waals surface area contributed by atoms with Crippen LogP contribution in [0, 0.1) is 0 Å². The molecule has 28 heavy (non-hydrogen) atoms. The van der Waals surface area contributed by atoms with Crippen LogP contribution in [0.1, 0.15) is 96.0 Å². The van der Waals surface area contributed by atoms with Crippen molar-refractivity contribution >= 4 is 0 Å². The van der Waals surface area contributed by atoms with Gasteiger partial charge in [0, 0.05) is 11.6 Å². The molecule has 3 heteroatoms. The number of rotatable bonds is 17. The molecule has 0 bridgehead atoms. The van der Waals surface area contributed by atoms with E-state index in [1.54, 1.807) is 20.3 Å². The summed E-state index contributed by atoms with van der Waals surface area (Å²) in [6, 6.07) is 3.63. The lowest BCUT2D eigenvalue weighted by molar-refractivity contribution is 0.360. The van der Waals surface area contributed by atoms with Crippen molar-refractivity contribution < 1.29 is 14.6 Å². The van der Waals surface area contributed by atoms with Crippen LogP contribution in [0.2, 0.25) is 0 Å². The highest BCUT2D eigenvalue weighted by Gasteiger charge is 2.10. The molecule has 0 unspecified atom stereocenters. The first kappa shape index (κ1) is 24.4. The number of ether oxygens (including phenoxy) is 2. The number of hydrogen-bond acceptors (Lipinski definition) is 3. The Hall–Kier alpha value is -1.64. The van der Waals surface area contributed by atoms with Crippen molar-refractivity contribution in [3.8, 4) is 17.2 Å². The van der Waals surface area contributed by atoms with E-state index in [1.807, 2.05) is 6.07 Å². The van der Waals surface area contributed by atoms with E-state index in [-0.39, 0.29) is 5.75 Å². The second-order valence-electron chi connectivity index (χ2n) is 7.67. The number of allylic oxidation sites excluding steroid dienone is 2. The Balaban J connectivity index is 2.03. The summed E-state index contributed by atoms with van der Waals surface area (Å²) >= 11 is 0. The highest BCUT2D eigenvalue weighted by atomic mass is 16.5. The van der Waals surface area contributed by atoms with Crippen LogP contribution in [-0.4, -0.2) is 19.3 Å². The standard InChI is InChI=1S/C25H42O3/c1-4-5-6-7-8-9-10-11-12-13-14-15-16-17-18-19-22-20-23(27-2)21-24(28-3)25(22)26/h9-10,20-21,26H,4-8,11-19H2,1-3H3/b10-9-. The first-order valence-electron chi connectivity index (χ1n) is 11.3. The van der Waals surface area contributed by atoms with E-state index in [2.05, 4.69) is 19.1 Å². The number of unbranched alkanes of at least 4 members (excludes halogenated alkanes) is 11. The normalized spacial score (nSPS) is 11.2. The van der Waals surface area contributed by atoms with Crippen molar-refractivity contribution in [3.63, 3.8) is 0 Å². The van der Waals surface area contributed by atoms with Crippen LogP contribution < -0.4 is 9.47 Å². The van der Waals surface area contributed by atoms with Crippen LogP contribution in [0.15, 0.2) is 24.3 Å². The molecule has 0 saturated carbocycles. The van der Waals surface area contributed by atoms with Gasteiger partial charge in [-0.25, -0.2) is 0 Å². The number of methoxy groups -OCH3 is 2. The molecular weight excluding hydrogens is 348 g/mol. The highest BCUT2D eigenvalue weighted by Crippen LogP contribution is 2.35. The Kier molecular flexibility index (Phi) is 14.2. The van der Waals surface area contributed by atoms with Gasteiger partial charge in [-0.3, -0.25) is 0 Å². The summed E-state index contributed by atoms with van der Waals surface area (Å²) in [6.45, 7) is 2.26. The summed E-state index contributed by atoms with van der Waals surface area (Å²) in [5.74, 6) is 1.48. The van der Waals surface area contributed by atoms with E-state index in [1.165, 1.54) is 77.0 Å². The Morgan fingerprint density at radius 2 is 1.32 bits per heavy atom. The number of hydrogen-bond donors (Lipinski definition) is 1. The summed E-state index contributed by atoms with van der Waals surface area (Å²) in [6.07, 6.45) is 22.4. The smallest absolute Gasteiger partial charge is 0.164 e. The molecule has 1 aromatic carbocycles. The number of phenols is 1. The molecule has 0 radical (unpaired) electrons. The molecule has 0 aliphatic rings. The Labute approximate surface area is 173 Å². The Bertz CT molecular complexity index is 537. The number of aryl methyl sites for hydroxylation is 1. The zero-order valence-electron chi connectivity index (χ0n) is 18.5. The Morgan fingerprint density at radius 1 is 0.750 bits per heavy atom. The summed E-state index contributed by atoms with van der Waals surface area (Å²) in [5, 5.41) is 10.2. The van der Waals surface area contributed by atoms with Crippen LogP contribution in [0.3, 0.4) is 0 Å². The fraction of sp³-hybridized carbons (Fsp3) is 0.680. The third kappa shape index (κ3) is 10.6. The maximum atomic E-state index is 10.2. The summed E-state index contributed by atoms with van der Waals surface area (Å²) < 4.78 is 10.5. The third-order valence-corrected chi connectivity index (χ3v) is 5.29. The predicted octanol–water partition coefficient (Wildman–Crippen LogP) is 7.60. The lowest BCUT2D eigenvalue weighted by Gasteiger charge is -2.11. The van der Waals surface area contributed by atoms with E-state index >= 15 is 0 Å². The predicted molar refractivity (Wildman–Crippen MR) is 120 cm³/mol. The van der Waals surface area contributed by atoms with Gasteiger partial charge < -0.3 is 14.6 Å². The molecule has 0 aliphatic heterocycles. The van der Waals surface area contributed by atoms with Crippen LogP contribution >= 0.6 is 0 Å². The first-order valence-corrected chi connectivity index (χ1v) is 11.3. The van der Waals surface area contributed by atoms with Crippen LogP contribution in [-0.2, 0) is 6.42 Å². The quantitative estimate of drug-likeness (QED) is 0.220. The van der Waals surface area contributed by atoms with E-state index in [0.717, 1.165) is 24.2 Å². The lowest BCUT2D eigenvalue weighted by Crippen LogP contribution is -1.94. The molecule has 0 fully saturated rings. The molecule has 160 valence electrons. The van der Waals surface area contributed by atoms with E-state index < -0.39 is 0 Å². The van der Waals surface area contributed by atoms with Gasteiger partial charge >= 0.3 is 0 Å². The molecule has 0 heterocycles. The first-order chi connectivity index (χ1) is 13.7. The van der Waals surface area contributed by atoms with Gasteiger partial charge in [0.15, 0.2) is 11.5 Å². The lowest BCUT2D eigenvalue weighted by atomic mass is 10.0.